The summed E-state index contributed by atoms with van der Waals surface area (Å²) in [5.41, 5.74) is 3.11. The molecule has 0 aliphatic rings. The molecule has 0 aliphatic carbocycles. The molecule has 27 heavy (non-hydrogen) atoms. The number of guanidine groups is 1. The monoisotopic (exact) mass is 379 g/mol. The van der Waals surface area contributed by atoms with Gasteiger partial charge in [0.1, 0.15) is 12.4 Å². The smallest absolute Gasteiger partial charge is 0.272 e. The first-order valence-electron chi connectivity index (χ1n) is 8.93. The number of benzene rings is 1. The van der Waals surface area contributed by atoms with Gasteiger partial charge in [0.25, 0.3) is 6.43 Å². The van der Waals surface area contributed by atoms with Crippen LogP contribution >= 0.6 is 0 Å². The number of nitrogens with zero attached hydrogens (tertiary/aromatic N) is 3. The van der Waals surface area contributed by atoms with E-state index in [1.165, 1.54) is 0 Å². The Labute approximate surface area is 158 Å². The van der Waals surface area contributed by atoms with E-state index < -0.39 is 13.0 Å². The summed E-state index contributed by atoms with van der Waals surface area (Å²) in [5, 5.41) is 10.9. The van der Waals surface area contributed by atoms with Gasteiger partial charge in [-0.25, -0.2) is 8.78 Å². The van der Waals surface area contributed by atoms with E-state index in [9.17, 15) is 8.78 Å². The number of hydrogen-bond donors (Lipinski definition) is 2. The van der Waals surface area contributed by atoms with Gasteiger partial charge in [-0.3, -0.25) is 9.67 Å². The Morgan fingerprint density at radius 3 is 2.74 bits per heavy atom. The number of aryl methyl sites for hydroxylation is 3. The van der Waals surface area contributed by atoms with Crippen LogP contribution < -0.4 is 15.4 Å². The molecular weight excluding hydrogens is 352 g/mol. The normalized spacial score (nSPS) is 11.7. The minimum absolute atomic E-state index is 0.433. The summed E-state index contributed by atoms with van der Waals surface area (Å²) in [6, 6.07) is 9.15. The van der Waals surface area contributed by atoms with E-state index in [1.54, 1.807) is 25.2 Å². The fourth-order valence-electron chi connectivity index (χ4n) is 2.65. The van der Waals surface area contributed by atoms with E-state index in [4.69, 9.17) is 4.74 Å². The van der Waals surface area contributed by atoms with Crippen molar-refractivity contribution in [1.29, 1.82) is 0 Å². The summed E-state index contributed by atoms with van der Waals surface area (Å²) in [4.78, 5) is 4.19. The van der Waals surface area contributed by atoms with Crippen LogP contribution in [0.25, 0.3) is 0 Å². The molecule has 0 fully saturated rings. The molecule has 2 aromatic rings. The molecule has 0 radical (unpaired) electrons. The second kappa shape index (κ2) is 10.5. The third-order valence-corrected chi connectivity index (χ3v) is 3.90. The second-order valence-corrected chi connectivity index (χ2v) is 6.21. The van der Waals surface area contributed by atoms with Crippen LogP contribution in [-0.2, 0) is 13.1 Å². The largest absolute Gasteiger partial charge is 0.488 e. The number of aliphatic imine (C=N–C) groups is 1. The van der Waals surface area contributed by atoms with Crippen molar-refractivity contribution in [3.63, 3.8) is 0 Å². The Bertz CT molecular complexity index is 745. The Hall–Kier alpha value is -2.64. The van der Waals surface area contributed by atoms with Gasteiger partial charge in [-0.1, -0.05) is 12.1 Å². The zero-order valence-corrected chi connectivity index (χ0v) is 16.0. The summed E-state index contributed by atoms with van der Waals surface area (Å²) in [6.07, 6.45) is -1.57. The molecule has 2 N–H and O–H groups in total. The molecule has 1 aromatic heterocycles. The predicted molar refractivity (Wildman–Crippen MR) is 102 cm³/mol. The lowest BCUT2D eigenvalue weighted by Gasteiger charge is -2.13. The molecule has 0 unspecified atom stereocenters. The third kappa shape index (κ3) is 7.24. The molecule has 0 atom stereocenters. The quantitative estimate of drug-likeness (QED) is 0.400. The number of hydrogen-bond acceptors (Lipinski definition) is 3. The molecule has 1 aromatic carbocycles. The maximum absolute atomic E-state index is 12.2. The van der Waals surface area contributed by atoms with Gasteiger partial charge < -0.3 is 15.4 Å². The average molecular weight is 379 g/mol. The molecule has 0 spiro atoms. The van der Waals surface area contributed by atoms with Crippen LogP contribution in [0.1, 0.15) is 23.4 Å². The highest BCUT2D eigenvalue weighted by Crippen LogP contribution is 2.14. The van der Waals surface area contributed by atoms with Gasteiger partial charge in [0, 0.05) is 32.4 Å². The summed E-state index contributed by atoms with van der Waals surface area (Å²) in [5.74, 6) is 1.12. The van der Waals surface area contributed by atoms with E-state index in [1.807, 2.05) is 24.6 Å². The topological polar surface area (TPSA) is 63.5 Å². The highest BCUT2D eigenvalue weighted by atomic mass is 19.3. The first-order valence-corrected chi connectivity index (χ1v) is 8.93. The van der Waals surface area contributed by atoms with Crippen LogP contribution in [-0.4, -0.2) is 42.4 Å². The summed E-state index contributed by atoms with van der Waals surface area (Å²) in [7, 11) is 1.71. The van der Waals surface area contributed by atoms with Gasteiger partial charge in [-0.15, -0.1) is 0 Å². The molecule has 0 aliphatic heterocycles. The van der Waals surface area contributed by atoms with Gasteiger partial charge >= 0.3 is 0 Å². The predicted octanol–water partition coefficient (Wildman–Crippen LogP) is 2.90. The standard InChI is InChI=1S/C19H27F2N5O/c1-14-10-15(2)26(25-14)9-5-8-23-19(22-3)24-12-16-6-4-7-17(11-16)27-13-18(20)21/h4,6-7,10-11,18H,5,8-9,12-13H2,1-3H3,(H2,22,23,24). The molecular formula is C19H27F2N5O. The molecule has 1 heterocycles. The molecule has 2 rings (SSSR count). The Balaban J connectivity index is 1.73. The number of alkyl halides is 2. The Morgan fingerprint density at radius 2 is 2.07 bits per heavy atom. The lowest BCUT2D eigenvalue weighted by atomic mass is 10.2. The maximum atomic E-state index is 12.2. The number of ether oxygens (including phenoxy) is 1. The number of aromatic nitrogens is 2. The van der Waals surface area contributed by atoms with Crippen LogP contribution in [0, 0.1) is 13.8 Å². The zero-order chi connectivity index (χ0) is 19.6. The van der Waals surface area contributed by atoms with Crippen LogP contribution in [0.3, 0.4) is 0 Å². The minimum atomic E-state index is -2.48. The Morgan fingerprint density at radius 1 is 1.26 bits per heavy atom. The van der Waals surface area contributed by atoms with Crippen molar-refractivity contribution in [3.8, 4) is 5.75 Å². The fraction of sp³-hybridized carbons (Fsp3) is 0.474. The van der Waals surface area contributed by atoms with Crippen molar-refractivity contribution in [2.75, 3.05) is 20.2 Å². The summed E-state index contributed by atoms with van der Waals surface area (Å²) < 4.78 is 31.5. The van der Waals surface area contributed by atoms with Crippen molar-refractivity contribution in [2.45, 2.75) is 39.8 Å². The van der Waals surface area contributed by atoms with Crippen molar-refractivity contribution >= 4 is 5.96 Å². The van der Waals surface area contributed by atoms with E-state index in [0.29, 0.717) is 18.3 Å². The van der Waals surface area contributed by atoms with Crippen molar-refractivity contribution in [3.05, 3.63) is 47.3 Å². The maximum Gasteiger partial charge on any atom is 0.272 e. The molecule has 8 heteroatoms. The van der Waals surface area contributed by atoms with Gasteiger partial charge in [-0.2, -0.15) is 5.10 Å². The van der Waals surface area contributed by atoms with Crippen LogP contribution in [0.15, 0.2) is 35.3 Å². The average Bonchev–Trinajstić information content (AvgIpc) is 2.97. The van der Waals surface area contributed by atoms with E-state index in [-0.39, 0.29) is 0 Å². The van der Waals surface area contributed by atoms with Gasteiger partial charge in [0.15, 0.2) is 5.96 Å². The first-order chi connectivity index (χ1) is 13.0. The summed E-state index contributed by atoms with van der Waals surface area (Å²) >= 11 is 0. The highest BCUT2D eigenvalue weighted by Gasteiger charge is 2.05. The van der Waals surface area contributed by atoms with E-state index >= 15 is 0 Å². The van der Waals surface area contributed by atoms with E-state index in [0.717, 1.165) is 36.5 Å². The van der Waals surface area contributed by atoms with Crippen LogP contribution in [0.5, 0.6) is 5.75 Å². The summed E-state index contributed by atoms with van der Waals surface area (Å²) in [6.45, 7) is 5.55. The third-order valence-electron chi connectivity index (χ3n) is 3.90. The SMILES string of the molecule is CN=C(NCCCn1nc(C)cc1C)NCc1cccc(OCC(F)F)c1. The second-order valence-electron chi connectivity index (χ2n) is 6.21. The number of nitrogens with one attached hydrogen (secondary N) is 2. The van der Waals surface area contributed by atoms with E-state index in [2.05, 4.69) is 26.8 Å². The van der Waals surface area contributed by atoms with Crippen LogP contribution in [0.2, 0.25) is 0 Å². The lowest BCUT2D eigenvalue weighted by molar-refractivity contribution is 0.0818. The highest BCUT2D eigenvalue weighted by molar-refractivity contribution is 5.79. The van der Waals surface area contributed by atoms with Gasteiger partial charge in [0.05, 0.1) is 5.69 Å². The molecule has 0 bridgehead atoms. The molecule has 148 valence electrons. The Kier molecular flexibility index (Phi) is 8.03. The van der Waals surface area contributed by atoms with Gasteiger partial charge in [-0.05, 0) is 44.0 Å². The van der Waals surface area contributed by atoms with Crippen molar-refractivity contribution in [2.24, 2.45) is 4.99 Å². The van der Waals surface area contributed by atoms with Crippen molar-refractivity contribution in [1.82, 2.24) is 20.4 Å². The molecule has 0 saturated carbocycles. The molecule has 6 nitrogen and oxygen atoms in total. The van der Waals surface area contributed by atoms with Crippen LogP contribution in [0.4, 0.5) is 8.78 Å². The lowest BCUT2D eigenvalue weighted by Crippen LogP contribution is -2.37. The van der Waals surface area contributed by atoms with Crippen molar-refractivity contribution < 1.29 is 13.5 Å². The fourth-order valence-corrected chi connectivity index (χ4v) is 2.65. The molecule has 0 saturated heterocycles. The minimum Gasteiger partial charge on any atom is -0.488 e. The first kappa shape index (κ1) is 20.7. The van der Waals surface area contributed by atoms with Gasteiger partial charge in [0.2, 0.25) is 0 Å². The molecule has 0 amide bonds. The number of halogens is 2. The zero-order valence-electron chi connectivity index (χ0n) is 16.0. The number of rotatable bonds is 9.